The first-order chi connectivity index (χ1) is 3.95. The Morgan fingerprint density at radius 2 is 2.00 bits per heavy atom. The minimum atomic E-state index is -2.82. The largest absolute Gasteiger partial charge is 0.411 e. The first kappa shape index (κ1) is 9.10. The molecule has 1 unspecified atom stereocenters. The molecule has 0 radical (unpaired) electrons. The quantitative estimate of drug-likeness (QED) is 0.480. The Bertz CT molecular complexity index is 81.5. The van der Waals surface area contributed by atoms with Gasteiger partial charge >= 0.3 is 8.56 Å². The molecule has 0 spiro atoms. The highest BCUT2D eigenvalue weighted by molar-refractivity contribution is 6.63. The van der Waals surface area contributed by atoms with E-state index in [1.807, 2.05) is 6.92 Å². The van der Waals surface area contributed by atoms with Gasteiger partial charge in [-0.15, -0.1) is 0 Å². The van der Waals surface area contributed by atoms with Gasteiger partial charge in [-0.05, 0) is 25.1 Å². The van der Waals surface area contributed by atoms with Crippen molar-refractivity contribution in [3.8, 4) is 0 Å². The number of nitrogens with two attached hydrogens (primary N) is 1. The van der Waals surface area contributed by atoms with E-state index in [1.165, 1.54) is 6.55 Å². The van der Waals surface area contributed by atoms with Crippen molar-refractivity contribution in [3.63, 3.8) is 0 Å². The first-order valence-corrected chi connectivity index (χ1v) is 5.70. The van der Waals surface area contributed by atoms with Gasteiger partial charge in [-0.3, -0.25) is 0 Å². The van der Waals surface area contributed by atoms with Crippen LogP contribution in [0.3, 0.4) is 0 Å². The van der Waals surface area contributed by atoms with E-state index < -0.39 is 8.56 Å². The summed E-state index contributed by atoms with van der Waals surface area (Å²) in [7, 11) is -2.82. The Labute approximate surface area is 56.8 Å². The zero-order valence-corrected chi connectivity index (χ0v) is 6.96. The normalized spacial score (nSPS) is 15.7. The molecule has 0 heterocycles. The first-order valence-electron chi connectivity index (χ1n) is 3.10. The monoisotopic (exact) mass is 149 g/mol. The molecular weight excluding hydrogens is 134 g/mol. The molecule has 0 aromatic rings. The molecule has 0 aliphatic rings. The summed E-state index contributed by atoms with van der Waals surface area (Å²) in [6.45, 7) is 3.94. The lowest BCUT2D eigenvalue weighted by Gasteiger charge is -2.15. The molecule has 4 heteroatoms. The summed E-state index contributed by atoms with van der Waals surface area (Å²) in [5.41, 5.74) is 5.28. The minimum absolute atomic E-state index is 0.233. The number of hydrogen-bond acceptors (Lipinski definition) is 3. The van der Waals surface area contributed by atoms with Gasteiger partial charge in [0.2, 0.25) is 0 Å². The van der Waals surface area contributed by atoms with Crippen LogP contribution in [0.5, 0.6) is 0 Å². The van der Waals surface area contributed by atoms with E-state index in [0.717, 1.165) is 0 Å². The van der Waals surface area contributed by atoms with Crippen LogP contribution in [0.1, 0.15) is 6.92 Å². The van der Waals surface area contributed by atoms with Crippen LogP contribution in [0.25, 0.3) is 0 Å². The van der Waals surface area contributed by atoms with Gasteiger partial charge in [0.25, 0.3) is 0 Å². The lowest BCUT2D eigenvalue weighted by Crippen LogP contribution is -2.33. The highest BCUT2D eigenvalue weighted by atomic mass is 28.4. The average molecular weight is 149 g/mol. The van der Waals surface area contributed by atoms with E-state index in [4.69, 9.17) is 15.3 Å². The molecule has 0 aliphatic carbocycles. The van der Waals surface area contributed by atoms with Gasteiger partial charge in [0.1, 0.15) is 0 Å². The van der Waals surface area contributed by atoms with Gasteiger partial charge < -0.3 is 15.3 Å². The topological polar surface area (TPSA) is 66.5 Å². The molecule has 0 rings (SSSR count). The van der Waals surface area contributed by atoms with E-state index >= 15 is 0 Å². The molecule has 4 N–H and O–H groups in total. The average Bonchev–Trinajstić information content (AvgIpc) is 1.62. The maximum absolute atomic E-state index is 8.96. The number of rotatable bonds is 3. The summed E-state index contributed by atoms with van der Waals surface area (Å²) >= 11 is 0. The third-order valence-corrected chi connectivity index (χ3v) is 2.61. The second kappa shape index (κ2) is 3.31. The van der Waals surface area contributed by atoms with Crippen molar-refractivity contribution >= 4 is 8.56 Å². The van der Waals surface area contributed by atoms with Crippen molar-refractivity contribution in [2.45, 2.75) is 19.5 Å². The SMILES string of the molecule is CC(CN)C[Si](C)(O)O. The highest BCUT2D eigenvalue weighted by Crippen LogP contribution is 2.09. The van der Waals surface area contributed by atoms with Crippen molar-refractivity contribution < 1.29 is 9.59 Å². The molecule has 9 heavy (non-hydrogen) atoms. The second-order valence-corrected chi connectivity index (χ2v) is 5.60. The van der Waals surface area contributed by atoms with Gasteiger partial charge in [0.15, 0.2) is 0 Å². The molecule has 56 valence electrons. The molecule has 3 nitrogen and oxygen atoms in total. The number of hydrogen-bond donors (Lipinski definition) is 3. The van der Waals surface area contributed by atoms with Crippen LogP contribution in [0.4, 0.5) is 0 Å². The van der Waals surface area contributed by atoms with Crippen LogP contribution in [-0.4, -0.2) is 24.7 Å². The fourth-order valence-electron chi connectivity index (χ4n) is 0.743. The van der Waals surface area contributed by atoms with Crippen molar-refractivity contribution in [2.24, 2.45) is 11.7 Å². The smallest absolute Gasteiger partial charge is 0.329 e. The van der Waals surface area contributed by atoms with Crippen LogP contribution in [-0.2, 0) is 0 Å². The maximum Gasteiger partial charge on any atom is 0.329 e. The molecule has 0 saturated carbocycles. The van der Waals surface area contributed by atoms with Crippen molar-refractivity contribution in [1.82, 2.24) is 0 Å². The van der Waals surface area contributed by atoms with E-state index in [2.05, 4.69) is 0 Å². The summed E-state index contributed by atoms with van der Waals surface area (Å²) in [6, 6.07) is 0.476. The maximum atomic E-state index is 8.96. The van der Waals surface area contributed by atoms with Crippen molar-refractivity contribution in [3.05, 3.63) is 0 Å². The molecule has 0 amide bonds. The summed E-state index contributed by atoms with van der Waals surface area (Å²) < 4.78 is 0. The van der Waals surface area contributed by atoms with E-state index in [1.54, 1.807) is 0 Å². The molecule has 1 atom stereocenters. The summed E-state index contributed by atoms with van der Waals surface area (Å²) in [5, 5.41) is 0. The summed E-state index contributed by atoms with van der Waals surface area (Å²) in [5.74, 6) is 0.233. The minimum Gasteiger partial charge on any atom is -0.411 e. The predicted octanol–water partition coefficient (Wildman–Crippen LogP) is -0.362. The summed E-state index contributed by atoms with van der Waals surface area (Å²) in [4.78, 5) is 17.9. The molecule has 0 saturated heterocycles. The van der Waals surface area contributed by atoms with Gasteiger partial charge in [-0.2, -0.15) is 0 Å². The third kappa shape index (κ3) is 5.98. The fourth-order valence-corrected chi connectivity index (χ4v) is 2.23. The highest BCUT2D eigenvalue weighted by Gasteiger charge is 2.23. The second-order valence-electron chi connectivity index (χ2n) is 2.76. The molecule has 0 fully saturated rings. The molecule has 0 bridgehead atoms. The van der Waals surface area contributed by atoms with Crippen LogP contribution in [0, 0.1) is 5.92 Å². The molecular formula is C5H15NO2Si. The van der Waals surface area contributed by atoms with Gasteiger partial charge in [-0.25, -0.2) is 0 Å². The Kier molecular flexibility index (Phi) is 3.35. The van der Waals surface area contributed by atoms with Gasteiger partial charge in [-0.1, -0.05) is 6.92 Å². The third-order valence-electron chi connectivity index (χ3n) is 1.14. The molecule has 0 aromatic carbocycles. The fraction of sp³-hybridized carbons (Fsp3) is 1.00. The van der Waals surface area contributed by atoms with E-state index in [-0.39, 0.29) is 5.92 Å². The lowest BCUT2D eigenvalue weighted by molar-refractivity contribution is 0.356. The van der Waals surface area contributed by atoms with Crippen molar-refractivity contribution in [1.29, 1.82) is 0 Å². The Balaban J connectivity index is 3.47. The van der Waals surface area contributed by atoms with Crippen LogP contribution >= 0.6 is 0 Å². The Morgan fingerprint density at radius 3 is 2.11 bits per heavy atom. The molecule has 0 aliphatic heterocycles. The summed E-state index contributed by atoms with van der Waals surface area (Å²) in [6.07, 6.45) is 0. The standard InChI is InChI=1S/C5H15NO2Si/c1-5(3-6)4-9(2,7)8/h5,7-8H,3-4,6H2,1-2H3. The van der Waals surface area contributed by atoms with Gasteiger partial charge in [0, 0.05) is 0 Å². The van der Waals surface area contributed by atoms with Crippen LogP contribution in [0.15, 0.2) is 0 Å². The zero-order chi connectivity index (χ0) is 7.49. The van der Waals surface area contributed by atoms with E-state index in [9.17, 15) is 0 Å². The lowest BCUT2D eigenvalue weighted by atomic mass is 10.2. The predicted molar refractivity (Wildman–Crippen MR) is 39.1 cm³/mol. The van der Waals surface area contributed by atoms with Crippen LogP contribution in [0.2, 0.25) is 12.6 Å². The zero-order valence-electron chi connectivity index (χ0n) is 5.96. The van der Waals surface area contributed by atoms with Gasteiger partial charge in [0.05, 0.1) is 0 Å². The van der Waals surface area contributed by atoms with Crippen LogP contribution < -0.4 is 5.73 Å². The van der Waals surface area contributed by atoms with Crippen molar-refractivity contribution in [2.75, 3.05) is 6.54 Å². The van der Waals surface area contributed by atoms with E-state index in [0.29, 0.717) is 12.6 Å². The Morgan fingerprint density at radius 1 is 1.56 bits per heavy atom. The molecule has 0 aromatic heterocycles. The Hall–Kier alpha value is 0.0969.